The molecule has 0 saturated carbocycles. The molecule has 5 heteroatoms. The molecule has 0 aromatic heterocycles. The van der Waals surface area contributed by atoms with Crippen LogP contribution in [0.5, 0.6) is 0 Å². The van der Waals surface area contributed by atoms with Gasteiger partial charge >= 0.3 is 0 Å². The van der Waals surface area contributed by atoms with Crippen LogP contribution in [-0.2, 0) is 6.42 Å². The smallest absolute Gasteiger partial charge is 0.193 e. The minimum absolute atomic E-state index is 0.0550. The van der Waals surface area contributed by atoms with Gasteiger partial charge in [0, 0.05) is 38.7 Å². The molecule has 1 atom stereocenters. The van der Waals surface area contributed by atoms with E-state index in [2.05, 4.69) is 21.0 Å². The van der Waals surface area contributed by atoms with Crippen LogP contribution in [0.15, 0.2) is 182 Å². The lowest BCUT2D eigenvalue weighted by molar-refractivity contribution is 0.102. The summed E-state index contributed by atoms with van der Waals surface area (Å²) >= 11 is 0. The van der Waals surface area contributed by atoms with Crippen LogP contribution in [0, 0.1) is 0 Å². The maximum atomic E-state index is 14.3. The van der Waals surface area contributed by atoms with E-state index in [-0.39, 0.29) is 25.9 Å². The Kier molecular flexibility index (Phi) is 10.6. The lowest BCUT2D eigenvalue weighted by Gasteiger charge is -2.12. The van der Waals surface area contributed by atoms with Crippen LogP contribution in [0.3, 0.4) is 0 Å². The Hall–Kier alpha value is -5.85. The maximum absolute atomic E-state index is 14.3. The predicted molar refractivity (Wildman–Crippen MR) is 217 cm³/mol. The first-order valence-electron chi connectivity index (χ1n) is 17.0. The SMILES string of the molecule is O=C(c1ccccc1)c1cccc(Pc2cc(C(=O)c3cccc(Cc4ccccc4)c3)cc(C(=O)c3cccc(C(=P)c4ccccc4)c3)c2)c1. The average molecular weight is 709 g/mol. The first-order valence-corrected chi connectivity index (χ1v) is 18.5. The first-order chi connectivity index (χ1) is 25.4. The highest BCUT2D eigenvalue weighted by atomic mass is 31.1. The summed E-state index contributed by atoms with van der Waals surface area (Å²) in [5, 5.41) is 2.63. The van der Waals surface area contributed by atoms with Crippen molar-refractivity contribution in [3.63, 3.8) is 0 Å². The maximum Gasteiger partial charge on any atom is 0.193 e. The molecule has 0 aliphatic carbocycles. The molecule has 0 aliphatic rings. The molecule has 1 unspecified atom stereocenters. The molecule has 7 aromatic rings. The Labute approximate surface area is 308 Å². The molecule has 0 heterocycles. The van der Waals surface area contributed by atoms with E-state index in [1.54, 1.807) is 12.1 Å². The van der Waals surface area contributed by atoms with Gasteiger partial charge in [-0.25, -0.2) is 0 Å². The highest BCUT2D eigenvalue weighted by Gasteiger charge is 2.18. The lowest BCUT2D eigenvalue weighted by atomic mass is 9.94. The Morgan fingerprint density at radius 2 is 0.788 bits per heavy atom. The van der Waals surface area contributed by atoms with Crippen molar-refractivity contribution in [1.29, 1.82) is 0 Å². The third-order valence-corrected chi connectivity index (χ3v) is 10.6. The lowest BCUT2D eigenvalue weighted by Crippen LogP contribution is -2.14. The van der Waals surface area contributed by atoms with E-state index in [4.69, 9.17) is 0 Å². The molecule has 0 aliphatic heterocycles. The van der Waals surface area contributed by atoms with Crippen LogP contribution in [0.4, 0.5) is 0 Å². The molecule has 0 amide bonds. The Bertz CT molecular complexity index is 2420. The predicted octanol–water partition coefficient (Wildman–Crippen LogP) is 9.31. The van der Waals surface area contributed by atoms with Crippen LogP contribution in [0.1, 0.15) is 70.0 Å². The third-order valence-electron chi connectivity index (χ3n) is 8.82. The van der Waals surface area contributed by atoms with Crippen molar-refractivity contribution < 1.29 is 14.4 Å². The molecule has 250 valence electrons. The van der Waals surface area contributed by atoms with Crippen molar-refractivity contribution in [2.45, 2.75) is 6.42 Å². The van der Waals surface area contributed by atoms with Gasteiger partial charge in [-0.3, -0.25) is 14.4 Å². The van der Waals surface area contributed by atoms with Crippen molar-refractivity contribution in [1.82, 2.24) is 0 Å². The molecule has 7 aromatic carbocycles. The fraction of sp³-hybridized carbons (Fsp3) is 0.0213. The van der Waals surface area contributed by atoms with Gasteiger partial charge in [-0.1, -0.05) is 154 Å². The van der Waals surface area contributed by atoms with Crippen molar-refractivity contribution >= 4 is 50.7 Å². The van der Waals surface area contributed by atoms with Gasteiger partial charge < -0.3 is 0 Å². The number of hydrogen-bond acceptors (Lipinski definition) is 3. The second-order valence-electron chi connectivity index (χ2n) is 12.5. The Morgan fingerprint density at radius 1 is 0.365 bits per heavy atom. The zero-order chi connectivity index (χ0) is 35.9. The van der Waals surface area contributed by atoms with E-state index in [1.165, 1.54) is 0 Å². The van der Waals surface area contributed by atoms with E-state index < -0.39 is 0 Å². The van der Waals surface area contributed by atoms with Gasteiger partial charge in [-0.2, -0.15) is 0 Å². The summed E-state index contributed by atoms with van der Waals surface area (Å²) in [6.07, 6.45) is 0.705. The van der Waals surface area contributed by atoms with Crippen molar-refractivity contribution in [2.75, 3.05) is 0 Å². The standard InChI is InChI=1S/C47H34O3P2/c48-44(34-16-6-2-7-17-34)38-22-12-24-42(29-38)52-43-30-40(45(49)36-20-10-15-33(26-36)25-32-13-4-1-5-14-32)28-41(31-43)46(50)37-21-11-23-39(27-37)47(51)35-18-8-3-9-19-35/h1-24,26-31,51-52H,25H2. The summed E-state index contributed by atoms with van der Waals surface area (Å²) in [5.74, 6) is -0.390. The molecule has 0 saturated heterocycles. The molecule has 0 fully saturated rings. The number of carbonyl (C=O) groups is 3. The summed E-state index contributed by atoms with van der Waals surface area (Å²) < 4.78 is 0. The Balaban J connectivity index is 1.24. The minimum atomic E-state index is -0.180. The largest absolute Gasteiger partial charge is 0.289 e. The monoisotopic (exact) mass is 708 g/mol. The topological polar surface area (TPSA) is 51.2 Å². The third kappa shape index (κ3) is 8.20. The van der Waals surface area contributed by atoms with Gasteiger partial charge in [-0.05, 0) is 75.7 Å². The van der Waals surface area contributed by atoms with Crippen LogP contribution in [0.2, 0.25) is 0 Å². The van der Waals surface area contributed by atoms with Gasteiger partial charge in [0.05, 0.1) is 0 Å². The quantitative estimate of drug-likeness (QED) is 0.0940. The number of rotatable bonds is 12. The summed E-state index contributed by atoms with van der Waals surface area (Å²) in [5.41, 5.74) is 7.22. The van der Waals surface area contributed by atoms with Gasteiger partial charge in [0.2, 0.25) is 0 Å². The summed E-state index contributed by atoms with van der Waals surface area (Å²) in [7, 11) is 3.90. The highest BCUT2D eigenvalue weighted by molar-refractivity contribution is 7.55. The zero-order valence-electron chi connectivity index (χ0n) is 28.3. The van der Waals surface area contributed by atoms with Gasteiger partial charge in [0.1, 0.15) is 0 Å². The molecule has 0 N–H and O–H groups in total. The highest BCUT2D eigenvalue weighted by Crippen LogP contribution is 2.23. The summed E-state index contributed by atoms with van der Waals surface area (Å²) in [6, 6.07) is 57.5. The van der Waals surface area contributed by atoms with Gasteiger partial charge in [-0.15, -0.1) is 8.86 Å². The molecular weight excluding hydrogens is 674 g/mol. The summed E-state index contributed by atoms with van der Waals surface area (Å²) in [4.78, 5) is 41.7. The number of hydrogen-bond donors (Lipinski definition) is 0. The van der Waals surface area contributed by atoms with Crippen LogP contribution < -0.4 is 10.6 Å². The van der Waals surface area contributed by atoms with Crippen LogP contribution in [-0.4, -0.2) is 22.6 Å². The van der Waals surface area contributed by atoms with E-state index in [0.717, 1.165) is 38.2 Å². The van der Waals surface area contributed by atoms with E-state index in [1.807, 2.05) is 158 Å². The van der Waals surface area contributed by atoms with Crippen molar-refractivity contribution in [3.8, 4) is 0 Å². The van der Waals surface area contributed by atoms with E-state index >= 15 is 0 Å². The van der Waals surface area contributed by atoms with Crippen LogP contribution >= 0.6 is 17.4 Å². The zero-order valence-corrected chi connectivity index (χ0v) is 30.3. The Morgan fingerprint density at radius 3 is 1.44 bits per heavy atom. The number of ketones is 3. The molecule has 0 spiro atoms. The fourth-order valence-electron chi connectivity index (χ4n) is 6.20. The minimum Gasteiger partial charge on any atom is -0.289 e. The number of benzene rings is 7. The van der Waals surface area contributed by atoms with Crippen molar-refractivity contribution in [3.05, 3.63) is 238 Å². The van der Waals surface area contributed by atoms with E-state index in [0.29, 0.717) is 39.8 Å². The molecule has 52 heavy (non-hydrogen) atoms. The normalized spacial score (nSPS) is 11.0. The first kappa shape index (κ1) is 34.6. The second-order valence-corrected chi connectivity index (χ2v) is 14.4. The molecule has 3 nitrogen and oxygen atoms in total. The molecule has 0 radical (unpaired) electrons. The van der Waals surface area contributed by atoms with E-state index in [9.17, 15) is 14.4 Å². The molecule has 0 bridgehead atoms. The molecular formula is C47H34O3P2. The number of carbonyl (C=O) groups excluding carboxylic acids is 3. The summed E-state index contributed by atoms with van der Waals surface area (Å²) in [6.45, 7) is 0. The van der Waals surface area contributed by atoms with Gasteiger partial charge in [0.25, 0.3) is 0 Å². The second kappa shape index (κ2) is 16.0. The molecule has 7 rings (SSSR count). The van der Waals surface area contributed by atoms with Gasteiger partial charge in [0.15, 0.2) is 17.3 Å². The van der Waals surface area contributed by atoms with Crippen molar-refractivity contribution in [2.24, 2.45) is 0 Å². The van der Waals surface area contributed by atoms with Crippen LogP contribution in [0.25, 0.3) is 0 Å². The average Bonchev–Trinajstić information content (AvgIpc) is 3.21. The fourth-order valence-corrected chi connectivity index (χ4v) is 7.72.